The number of esters is 3. The minimum absolute atomic E-state index is 0.0142. The van der Waals surface area contributed by atoms with Crippen LogP contribution in [0.5, 0.6) is 0 Å². The topological polar surface area (TPSA) is 186 Å². The van der Waals surface area contributed by atoms with E-state index in [1.807, 2.05) is 0 Å². The lowest BCUT2D eigenvalue weighted by Gasteiger charge is -2.51. The van der Waals surface area contributed by atoms with E-state index in [0.717, 1.165) is 25.7 Å². The Hall–Kier alpha value is -2.43. The van der Waals surface area contributed by atoms with Gasteiger partial charge < -0.3 is 53.2 Å². The summed E-state index contributed by atoms with van der Waals surface area (Å²) in [6.45, 7) is 5.35. The zero-order valence-electron chi connectivity index (χ0n) is 32.1. The van der Waals surface area contributed by atoms with Crippen molar-refractivity contribution in [2.45, 2.75) is 172 Å². The van der Waals surface area contributed by atoms with Gasteiger partial charge in [-0.3, -0.25) is 9.59 Å². The van der Waals surface area contributed by atoms with E-state index in [1.165, 1.54) is 13.2 Å². The van der Waals surface area contributed by atoms with Crippen LogP contribution in [0.4, 0.5) is 0 Å². The van der Waals surface area contributed by atoms with E-state index in [-0.39, 0.29) is 62.1 Å². The molecule has 3 N–H and O–H groups in total. The molecule has 0 radical (unpaired) electrons. The van der Waals surface area contributed by atoms with Crippen molar-refractivity contribution in [2.24, 2.45) is 5.41 Å². The molecule has 4 heterocycles. The number of fused-ring (bicyclic) bond motifs is 6. The first-order valence-electron chi connectivity index (χ1n) is 19.3. The van der Waals surface area contributed by atoms with E-state index in [9.17, 15) is 29.7 Å². The number of carbonyl (C=O) groups excluding carboxylic acids is 3. The Bertz CT molecular complexity index is 1250. The third kappa shape index (κ3) is 12.5. The van der Waals surface area contributed by atoms with Gasteiger partial charge in [0, 0.05) is 44.3 Å². The van der Waals surface area contributed by atoms with Crippen LogP contribution >= 0.6 is 0 Å². The Labute approximate surface area is 313 Å². The maximum absolute atomic E-state index is 13.3. The van der Waals surface area contributed by atoms with Crippen LogP contribution in [0.3, 0.4) is 0 Å². The Morgan fingerprint density at radius 1 is 0.962 bits per heavy atom. The number of aliphatic hydroxyl groups is 3. The predicted octanol–water partition coefficient (Wildman–Crippen LogP) is 3.95. The summed E-state index contributed by atoms with van der Waals surface area (Å²) in [7, 11) is 2.86. The van der Waals surface area contributed by atoms with Crippen molar-refractivity contribution in [1.29, 1.82) is 0 Å². The van der Waals surface area contributed by atoms with Gasteiger partial charge in [-0.25, -0.2) is 4.79 Å². The number of methoxy groups -OCH3 is 2. The fraction of sp³-hybridized carbons (Fsp3) is 0.821. The molecule has 0 aromatic carbocycles. The summed E-state index contributed by atoms with van der Waals surface area (Å²) >= 11 is 0. The zero-order chi connectivity index (χ0) is 38.6. The van der Waals surface area contributed by atoms with Crippen molar-refractivity contribution in [2.75, 3.05) is 27.4 Å². The molecule has 0 aliphatic carbocycles. The number of unbranched alkanes of at least 4 members (excludes halogenated alkanes) is 4. The van der Waals surface area contributed by atoms with E-state index in [0.29, 0.717) is 38.7 Å². The number of hydrogen-bond donors (Lipinski definition) is 3. The average molecular weight is 755 g/mol. The SMILES string of the molecule is CCCCCCCC(=O)O[C@H]1/C(=C/C(=O)OC)C[C@H]2C[C@H](CO)OC(=O)C[C@H](O)C[C@@H]3C[C@H](OC)C[C@H](C[C@@H]4CCO[C@H](/C=C\C(C)(C)[C@]1(O)O2)O4)O3. The van der Waals surface area contributed by atoms with Gasteiger partial charge in [-0.05, 0) is 43.8 Å². The fourth-order valence-corrected chi connectivity index (χ4v) is 7.61. The molecule has 3 saturated heterocycles. The van der Waals surface area contributed by atoms with Gasteiger partial charge in [0.25, 0.3) is 0 Å². The summed E-state index contributed by atoms with van der Waals surface area (Å²) in [5.74, 6) is -4.28. The predicted molar refractivity (Wildman–Crippen MR) is 190 cm³/mol. The minimum Gasteiger partial charge on any atom is -0.466 e. The van der Waals surface area contributed by atoms with Gasteiger partial charge in [-0.1, -0.05) is 52.5 Å². The molecule has 10 atom stereocenters. The van der Waals surface area contributed by atoms with Crippen molar-refractivity contribution < 1.29 is 67.6 Å². The Morgan fingerprint density at radius 3 is 2.40 bits per heavy atom. The summed E-state index contributed by atoms with van der Waals surface area (Å²) in [5, 5.41) is 33.8. The molecule has 14 heteroatoms. The molecule has 3 fully saturated rings. The lowest BCUT2D eigenvalue weighted by molar-refractivity contribution is -0.327. The monoisotopic (exact) mass is 754 g/mol. The van der Waals surface area contributed by atoms with E-state index >= 15 is 0 Å². The molecule has 0 spiro atoms. The highest BCUT2D eigenvalue weighted by atomic mass is 16.7. The maximum Gasteiger partial charge on any atom is 0.330 e. The van der Waals surface area contributed by atoms with E-state index in [4.69, 9.17) is 37.9 Å². The summed E-state index contributed by atoms with van der Waals surface area (Å²) < 4.78 is 47.3. The van der Waals surface area contributed by atoms with Crippen LogP contribution in [-0.2, 0) is 52.3 Å². The minimum atomic E-state index is -2.26. The Balaban J connectivity index is 1.69. The molecule has 0 aromatic rings. The van der Waals surface area contributed by atoms with Crippen LogP contribution in [0.1, 0.15) is 111 Å². The van der Waals surface area contributed by atoms with Gasteiger partial charge in [-0.15, -0.1) is 0 Å². The van der Waals surface area contributed by atoms with Crippen LogP contribution in [0, 0.1) is 5.41 Å². The molecule has 0 unspecified atom stereocenters. The quantitative estimate of drug-likeness (QED) is 0.0957. The molecule has 0 aromatic heterocycles. The largest absolute Gasteiger partial charge is 0.466 e. The molecular formula is C39H62O14. The van der Waals surface area contributed by atoms with Crippen molar-refractivity contribution in [3.05, 3.63) is 23.8 Å². The van der Waals surface area contributed by atoms with Crippen LogP contribution in [-0.4, -0.2) is 122 Å². The number of hydrogen-bond acceptors (Lipinski definition) is 14. The normalized spacial score (nSPS) is 36.9. The first-order valence-corrected chi connectivity index (χ1v) is 19.3. The summed E-state index contributed by atoms with van der Waals surface area (Å²) in [5.41, 5.74) is -1.07. The number of rotatable bonds is 10. The van der Waals surface area contributed by atoms with Crippen molar-refractivity contribution >= 4 is 17.9 Å². The van der Waals surface area contributed by atoms with E-state index < -0.39 is 66.4 Å². The van der Waals surface area contributed by atoms with Gasteiger partial charge in [0.05, 0.1) is 63.4 Å². The molecule has 6 bridgehead atoms. The van der Waals surface area contributed by atoms with Crippen LogP contribution in [0.15, 0.2) is 23.8 Å². The van der Waals surface area contributed by atoms with Crippen molar-refractivity contribution in [1.82, 2.24) is 0 Å². The second kappa shape index (κ2) is 20.5. The van der Waals surface area contributed by atoms with Crippen molar-refractivity contribution in [3.8, 4) is 0 Å². The third-order valence-corrected chi connectivity index (χ3v) is 10.6. The highest BCUT2D eigenvalue weighted by Gasteiger charge is 2.57. The van der Waals surface area contributed by atoms with Gasteiger partial charge in [0.1, 0.15) is 6.10 Å². The molecule has 4 aliphatic heterocycles. The number of ether oxygens (including phenoxy) is 8. The first-order chi connectivity index (χ1) is 25.3. The van der Waals surface area contributed by atoms with Crippen LogP contribution in [0.25, 0.3) is 0 Å². The second-order valence-corrected chi connectivity index (χ2v) is 15.4. The van der Waals surface area contributed by atoms with Crippen molar-refractivity contribution in [3.63, 3.8) is 0 Å². The van der Waals surface area contributed by atoms with Gasteiger partial charge >= 0.3 is 17.9 Å². The van der Waals surface area contributed by atoms with E-state index in [2.05, 4.69) is 6.92 Å². The summed E-state index contributed by atoms with van der Waals surface area (Å²) in [4.78, 5) is 39.0. The number of aliphatic hydroxyl groups excluding tert-OH is 2. The van der Waals surface area contributed by atoms with Gasteiger partial charge in [-0.2, -0.15) is 0 Å². The average Bonchev–Trinajstić information content (AvgIpc) is 3.11. The fourth-order valence-electron chi connectivity index (χ4n) is 7.61. The maximum atomic E-state index is 13.3. The van der Waals surface area contributed by atoms with Crippen LogP contribution in [0.2, 0.25) is 0 Å². The summed E-state index contributed by atoms with van der Waals surface area (Å²) in [6.07, 6.45) is 5.18. The number of cyclic esters (lactones) is 1. The molecule has 53 heavy (non-hydrogen) atoms. The standard InChI is InChI=1S/C39H62O14/c1-6-7-8-9-10-11-33(42)52-37-25(17-34(43)47-5)16-31-23-32(24-40)50-35(44)19-26(41)18-29-21-28(46-4)22-30(49-29)20-27-13-15-48-36(51-27)12-14-38(2,3)39(37,45)53-31/h12,14,17,26-32,36-37,40-41,45H,6-11,13,15-16,18-24H2,1-5H3/b14-12-,25-17+/t26-,27+,28+,29-,30+,31+,32-,36+,37+,39-/m1/s1. The van der Waals surface area contributed by atoms with Gasteiger partial charge in [0.2, 0.25) is 5.79 Å². The van der Waals surface area contributed by atoms with Gasteiger partial charge in [0.15, 0.2) is 12.4 Å². The molecule has 0 amide bonds. The lowest BCUT2D eigenvalue weighted by Crippen LogP contribution is -2.62. The van der Waals surface area contributed by atoms with E-state index in [1.54, 1.807) is 33.1 Å². The molecule has 4 rings (SSSR count). The Morgan fingerprint density at radius 2 is 1.70 bits per heavy atom. The molecule has 4 aliphatic rings. The lowest BCUT2D eigenvalue weighted by atomic mass is 9.74. The molecule has 0 saturated carbocycles. The molecular weight excluding hydrogens is 692 g/mol. The molecule has 302 valence electrons. The highest BCUT2D eigenvalue weighted by Crippen LogP contribution is 2.47. The second-order valence-electron chi connectivity index (χ2n) is 15.4. The zero-order valence-corrected chi connectivity index (χ0v) is 32.1. The third-order valence-electron chi connectivity index (χ3n) is 10.6. The summed E-state index contributed by atoms with van der Waals surface area (Å²) in [6, 6.07) is 0. The number of carbonyl (C=O) groups is 3. The smallest absolute Gasteiger partial charge is 0.330 e. The first kappa shape index (κ1) is 43.3. The Kier molecular flexibility index (Phi) is 16.7. The van der Waals surface area contributed by atoms with Crippen LogP contribution < -0.4 is 0 Å². The molecule has 14 nitrogen and oxygen atoms in total. The highest BCUT2D eigenvalue weighted by molar-refractivity contribution is 5.83.